The van der Waals surface area contributed by atoms with Crippen molar-refractivity contribution < 1.29 is 14.6 Å². The number of likely N-dealkylation sites (tertiary alicyclic amines) is 1. The van der Waals surface area contributed by atoms with E-state index < -0.39 is 6.10 Å². The zero-order valence-corrected chi connectivity index (χ0v) is 15.3. The highest BCUT2D eigenvalue weighted by Gasteiger charge is 2.28. The standard InChI is InChI=1S/C19H26N4O3/c1-14-15(12-21-22(14)2)5-6-19(25)23-10-7-17(24)18(8-11-23)26-16-4-3-9-20-13-16/h3-4,9,12-13,17-18,24H,5-8,10-11H2,1-2H3/t17-,18-/m0/s1. The van der Waals surface area contributed by atoms with Crippen molar-refractivity contribution in [1.82, 2.24) is 19.7 Å². The number of ether oxygens (including phenoxy) is 1. The molecule has 7 nitrogen and oxygen atoms in total. The van der Waals surface area contributed by atoms with Gasteiger partial charge in [-0.05, 0) is 37.5 Å². The molecule has 0 bridgehead atoms. The van der Waals surface area contributed by atoms with Crippen LogP contribution in [0.15, 0.2) is 30.7 Å². The van der Waals surface area contributed by atoms with E-state index in [1.54, 1.807) is 18.5 Å². The van der Waals surface area contributed by atoms with E-state index in [1.807, 2.05) is 35.8 Å². The lowest BCUT2D eigenvalue weighted by molar-refractivity contribution is -0.131. The number of aliphatic hydroxyl groups excluding tert-OH is 1. The Morgan fingerprint density at radius 1 is 1.35 bits per heavy atom. The minimum atomic E-state index is -0.589. The monoisotopic (exact) mass is 358 g/mol. The fourth-order valence-corrected chi connectivity index (χ4v) is 3.23. The molecule has 1 saturated heterocycles. The van der Waals surface area contributed by atoms with Gasteiger partial charge >= 0.3 is 0 Å². The number of hydrogen-bond donors (Lipinski definition) is 1. The number of carbonyl (C=O) groups excluding carboxylic acids is 1. The quantitative estimate of drug-likeness (QED) is 0.876. The second-order valence-corrected chi connectivity index (χ2v) is 6.75. The molecule has 2 aromatic rings. The number of aryl methyl sites for hydroxylation is 2. The molecule has 1 N–H and O–H groups in total. The summed E-state index contributed by atoms with van der Waals surface area (Å²) in [5.74, 6) is 0.755. The van der Waals surface area contributed by atoms with E-state index in [9.17, 15) is 9.90 Å². The lowest BCUT2D eigenvalue weighted by Gasteiger charge is -2.21. The van der Waals surface area contributed by atoms with Crippen LogP contribution < -0.4 is 4.74 Å². The van der Waals surface area contributed by atoms with Crippen LogP contribution in [0.5, 0.6) is 5.75 Å². The molecular weight excluding hydrogens is 332 g/mol. The first-order valence-corrected chi connectivity index (χ1v) is 9.04. The zero-order valence-electron chi connectivity index (χ0n) is 15.3. The smallest absolute Gasteiger partial charge is 0.222 e. The molecule has 26 heavy (non-hydrogen) atoms. The van der Waals surface area contributed by atoms with Crippen molar-refractivity contribution in [3.8, 4) is 5.75 Å². The maximum atomic E-state index is 12.6. The molecule has 1 amide bonds. The summed E-state index contributed by atoms with van der Waals surface area (Å²) in [5.41, 5.74) is 2.20. The number of aliphatic hydroxyl groups is 1. The van der Waals surface area contributed by atoms with E-state index >= 15 is 0 Å². The van der Waals surface area contributed by atoms with Crippen LogP contribution in [0.3, 0.4) is 0 Å². The second-order valence-electron chi connectivity index (χ2n) is 6.75. The molecule has 2 atom stereocenters. The van der Waals surface area contributed by atoms with Crippen LogP contribution in [0.1, 0.15) is 30.5 Å². The van der Waals surface area contributed by atoms with Gasteiger partial charge in [-0.3, -0.25) is 14.5 Å². The summed E-state index contributed by atoms with van der Waals surface area (Å²) >= 11 is 0. The van der Waals surface area contributed by atoms with Crippen molar-refractivity contribution in [1.29, 1.82) is 0 Å². The van der Waals surface area contributed by atoms with E-state index in [1.165, 1.54) is 0 Å². The van der Waals surface area contributed by atoms with Gasteiger partial charge < -0.3 is 14.7 Å². The summed E-state index contributed by atoms with van der Waals surface area (Å²) in [5, 5.41) is 14.6. The van der Waals surface area contributed by atoms with Crippen molar-refractivity contribution in [3.05, 3.63) is 42.0 Å². The Bertz CT molecular complexity index is 732. The van der Waals surface area contributed by atoms with Crippen LogP contribution in [-0.2, 0) is 18.3 Å². The van der Waals surface area contributed by atoms with Crippen molar-refractivity contribution in [3.63, 3.8) is 0 Å². The second kappa shape index (κ2) is 8.31. The van der Waals surface area contributed by atoms with Gasteiger partial charge in [-0.25, -0.2) is 0 Å². The minimum absolute atomic E-state index is 0.113. The average Bonchev–Trinajstić information content (AvgIpc) is 2.85. The van der Waals surface area contributed by atoms with Crippen LogP contribution in [0.25, 0.3) is 0 Å². The number of hydrogen-bond acceptors (Lipinski definition) is 5. The molecule has 7 heteroatoms. The number of rotatable bonds is 5. The van der Waals surface area contributed by atoms with E-state index in [-0.39, 0.29) is 12.0 Å². The number of amides is 1. The van der Waals surface area contributed by atoms with Gasteiger partial charge in [0.15, 0.2) is 0 Å². The van der Waals surface area contributed by atoms with Crippen LogP contribution >= 0.6 is 0 Å². The normalized spacial score (nSPS) is 20.7. The molecule has 1 aliphatic heterocycles. The third-order valence-electron chi connectivity index (χ3n) is 5.03. The molecule has 1 aliphatic rings. The number of pyridine rings is 1. The summed E-state index contributed by atoms with van der Waals surface area (Å²) in [4.78, 5) is 18.4. The van der Waals surface area contributed by atoms with Gasteiger partial charge in [-0.2, -0.15) is 5.10 Å². The first-order chi connectivity index (χ1) is 12.5. The summed E-state index contributed by atoms with van der Waals surface area (Å²) in [7, 11) is 1.90. The maximum absolute atomic E-state index is 12.6. The summed E-state index contributed by atoms with van der Waals surface area (Å²) in [6.07, 6.45) is 6.50. The average molecular weight is 358 g/mol. The van der Waals surface area contributed by atoms with Crippen LogP contribution in [0, 0.1) is 6.92 Å². The van der Waals surface area contributed by atoms with Gasteiger partial charge in [-0.15, -0.1) is 0 Å². The lowest BCUT2D eigenvalue weighted by atomic mass is 10.1. The molecule has 0 saturated carbocycles. The Hall–Kier alpha value is -2.41. The lowest BCUT2D eigenvalue weighted by Crippen LogP contribution is -2.32. The van der Waals surface area contributed by atoms with Crippen molar-refractivity contribution >= 4 is 5.91 Å². The van der Waals surface area contributed by atoms with Crippen LogP contribution in [-0.4, -0.2) is 56.0 Å². The molecular formula is C19H26N4O3. The Kier molecular flexibility index (Phi) is 5.88. The first-order valence-electron chi connectivity index (χ1n) is 9.04. The molecule has 0 aliphatic carbocycles. The third-order valence-corrected chi connectivity index (χ3v) is 5.03. The van der Waals surface area contributed by atoms with E-state index in [4.69, 9.17) is 4.74 Å². The molecule has 3 rings (SSSR count). The van der Waals surface area contributed by atoms with Gasteiger partial charge in [-0.1, -0.05) is 0 Å². The summed E-state index contributed by atoms with van der Waals surface area (Å²) in [6.45, 7) is 3.15. The minimum Gasteiger partial charge on any atom is -0.486 e. The summed E-state index contributed by atoms with van der Waals surface area (Å²) < 4.78 is 7.68. The Morgan fingerprint density at radius 3 is 2.85 bits per heavy atom. The predicted octanol–water partition coefficient (Wildman–Crippen LogP) is 1.49. The molecule has 2 aromatic heterocycles. The molecule has 1 fully saturated rings. The van der Waals surface area contributed by atoms with Crippen molar-refractivity contribution in [2.45, 2.75) is 44.8 Å². The van der Waals surface area contributed by atoms with Gasteiger partial charge in [0.05, 0.1) is 18.5 Å². The van der Waals surface area contributed by atoms with E-state index in [0.717, 1.165) is 11.3 Å². The highest BCUT2D eigenvalue weighted by Crippen LogP contribution is 2.20. The predicted molar refractivity (Wildman–Crippen MR) is 96.7 cm³/mol. The van der Waals surface area contributed by atoms with E-state index in [0.29, 0.717) is 44.5 Å². The van der Waals surface area contributed by atoms with Crippen molar-refractivity contribution in [2.24, 2.45) is 7.05 Å². The van der Waals surface area contributed by atoms with Crippen LogP contribution in [0.4, 0.5) is 0 Å². The van der Waals surface area contributed by atoms with Gasteiger partial charge in [0, 0.05) is 44.9 Å². The highest BCUT2D eigenvalue weighted by molar-refractivity contribution is 5.76. The Labute approximate surface area is 153 Å². The largest absolute Gasteiger partial charge is 0.486 e. The van der Waals surface area contributed by atoms with Crippen LogP contribution in [0.2, 0.25) is 0 Å². The topological polar surface area (TPSA) is 80.5 Å². The van der Waals surface area contributed by atoms with E-state index in [2.05, 4.69) is 10.1 Å². The molecule has 3 heterocycles. The number of nitrogens with zero attached hydrogens (tertiary/aromatic N) is 4. The molecule has 0 spiro atoms. The SMILES string of the molecule is Cc1c(CCC(=O)N2CC[C@H](Oc3cccnc3)[C@@H](O)CC2)cnn1C. The first kappa shape index (κ1) is 18.4. The molecule has 140 valence electrons. The van der Waals surface area contributed by atoms with Crippen molar-refractivity contribution in [2.75, 3.05) is 13.1 Å². The number of carbonyl (C=O) groups is 1. The Morgan fingerprint density at radius 2 is 2.15 bits per heavy atom. The maximum Gasteiger partial charge on any atom is 0.222 e. The molecule has 0 unspecified atom stereocenters. The fourth-order valence-electron chi connectivity index (χ4n) is 3.23. The Balaban J connectivity index is 1.53. The van der Waals surface area contributed by atoms with Gasteiger partial charge in [0.2, 0.25) is 5.91 Å². The zero-order chi connectivity index (χ0) is 18.5. The fraction of sp³-hybridized carbons (Fsp3) is 0.526. The van der Waals surface area contributed by atoms with Gasteiger partial charge in [0.25, 0.3) is 0 Å². The third kappa shape index (κ3) is 4.40. The summed E-state index contributed by atoms with van der Waals surface area (Å²) in [6, 6.07) is 3.62. The number of aromatic nitrogens is 3. The highest BCUT2D eigenvalue weighted by atomic mass is 16.5. The van der Waals surface area contributed by atoms with Gasteiger partial charge in [0.1, 0.15) is 11.9 Å². The molecule has 0 radical (unpaired) electrons. The molecule has 0 aromatic carbocycles.